The Bertz CT molecular complexity index is 1190. The van der Waals surface area contributed by atoms with Gasteiger partial charge >= 0.3 is 6.18 Å². The van der Waals surface area contributed by atoms with Gasteiger partial charge in [-0.05, 0) is 50.2 Å². The van der Waals surface area contributed by atoms with Crippen LogP contribution in [0.3, 0.4) is 0 Å². The second kappa shape index (κ2) is 8.34. The molecule has 0 aliphatic rings. The Balaban J connectivity index is 1.65. The number of rotatable bonds is 6. The first-order valence-electron chi connectivity index (χ1n) is 8.78. The molecule has 1 amide bonds. The number of nitrogens with zero attached hydrogens (tertiary/aromatic N) is 4. The molecule has 1 aromatic carbocycles. The number of anilines is 2. The molecule has 2 aromatic heterocycles. The van der Waals surface area contributed by atoms with Crippen LogP contribution in [0, 0.1) is 13.8 Å². The van der Waals surface area contributed by atoms with E-state index in [-0.39, 0.29) is 16.5 Å². The highest BCUT2D eigenvalue weighted by Gasteiger charge is 2.33. The molecule has 0 radical (unpaired) electrons. The van der Waals surface area contributed by atoms with Crippen LogP contribution < -0.4 is 10.0 Å². The van der Waals surface area contributed by atoms with Crippen molar-refractivity contribution in [1.82, 2.24) is 19.7 Å². The number of carbonyl (C=O) groups excluding carboxylic acids is 1. The number of alkyl halides is 3. The summed E-state index contributed by atoms with van der Waals surface area (Å²) in [5.41, 5.74) is 0.357. The Morgan fingerprint density at radius 3 is 2.23 bits per heavy atom. The molecule has 164 valence electrons. The zero-order chi connectivity index (χ0) is 22.8. The fourth-order valence-electron chi connectivity index (χ4n) is 2.62. The zero-order valence-corrected chi connectivity index (χ0v) is 17.1. The smallest absolute Gasteiger partial charge is 0.324 e. The minimum absolute atomic E-state index is 0.0627. The number of benzene rings is 1. The van der Waals surface area contributed by atoms with Crippen molar-refractivity contribution in [2.24, 2.45) is 0 Å². The lowest BCUT2D eigenvalue weighted by molar-refractivity contribution is -0.141. The third-order valence-electron chi connectivity index (χ3n) is 3.89. The van der Waals surface area contributed by atoms with Crippen LogP contribution in [0.1, 0.15) is 17.1 Å². The first-order chi connectivity index (χ1) is 14.4. The lowest BCUT2D eigenvalue weighted by Crippen LogP contribution is -2.20. The van der Waals surface area contributed by atoms with Crippen molar-refractivity contribution in [3.63, 3.8) is 0 Å². The number of carbonyl (C=O) groups is 1. The molecule has 0 saturated heterocycles. The number of aryl methyl sites for hydroxylation is 2. The Kier molecular flexibility index (Phi) is 5.97. The number of hydrogen-bond donors (Lipinski definition) is 2. The number of nitrogens with one attached hydrogen (secondary N) is 2. The van der Waals surface area contributed by atoms with E-state index in [0.717, 1.165) is 16.9 Å². The Labute approximate surface area is 175 Å². The van der Waals surface area contributed by atoms with Crippen molar-refractivity contribution in [2.45, 2.75) is 31.5 Å². The normalized spacial score (nSPS) is 11.9. The summed E-state index contributed by atoms with van der Waals surface area (Å²) in [6.45, 7) is 2.97. The third kappa shape index (κ3) is 5.78. The van der Waals surface area contributed by atoms with Gasteiger partial charge in [0.1, 0.15) is 6.54 Å². The summed E-state index contributed by atoms with van der Waals surface area (Å²) in [6, 6.07) is 7.67. The molecule has 2 heterocycles. The Morgan fingerprint density at radius 1 is 1.06 bits per heavy atom. The number of hydrogen-bond acceptors (Lipinski definition) is 6. The predicted molar refractivity (Wildman–Crippen MR) is 105 cm³/mol. The fraction of sp³-hybridized carbons (Fsp3) is 0.222. The van der Waals surface area contributed by atoms with Gasteiger partial charge < -0.3 is 5.32 Å². The zero-order valence-electron chi connectivity index (χ0n) is 16.3. The van der Waals surface area contributed by atoms with Gasteiger partial charge in [0, 0.05) is 23.3 Å². The fourth-order valence-corrected chi connectivity index (χ4v) is 3.56. The first-order valence-corrected chi connectivity index (χ1v) is 10.3. The van der Waals surface area contributed by atoms with Gasteiger partial charge in [0.2, 0.25) is 11.9 Å². The average molecular weight is 454 g/mol. The largest absolute Gasteiger partial charge is 0.435 e. The van der Waals surface area contributed by atoms with Crippen LogP contribution in [-0.4, -0.2) is 34.1 Å². The highest BCUT2D eigenvalue weighted by atomic mass is 32.2. The van der Waals surface area contributed by atoms with E-state index in [1.165, 1.54) is 24.3 Å². The third-order valence-corrected chi connectivity index (χ3v) is 5.24. The molecule has 0 fully saturated rings. The van der Waals surface area contributed by atoms with Crippen LogP contribution in [0.25, 0.3) is 0 Å². The molecule has 13 heteroatoms. The van der Waals surface area contributed by atoms with Crippen molar-refractivity contribution in [2.75, 3.05) is 10.0 Å². The maximum Gasteiger partial charge on any atom is 0.435 e. The summed E-state index contributed by atoms with van der Waals surface area (Å²) in [7, 11) is -3.96. The molecule has 3 aromatic rings. The molecule has 0 bridgehead atoms. The molecule has 0 aliphatic carbocycles. The summed E-state index contributed by atoms with van der Waals surface area (Å²) in [5.74, 6) is -0.693. The Hall–Kier alpha value is -3.48. The summed E-state index contributed by atoms with van der Waals surface area (Å²) in [6.07, 6.45) is -3.56. The summed E-state index contributed by atoms with van der Waals surface area (Å²) in [5, 5.41) is 5.75. The van der Waals surface area contributed by atoms with E-state index >= 15 is 0 Å². The van der Waals surface area contributed by atoms with Crippen LogP contribution in [0.5, 0.6) is 0 Å². The van der Waals surface area contributed by atoms with Crippen molar-refractivity contribution < 1.29 is 26.4 Å². The first kappa shape index (κ1) is 22.2. The standard InChI is InChI=1S/C18H17F3N6O3S/c1-11-9-12(2)23-17(22-11)26-31(29,30)14-5-3-13(4-6-14)24-16(28)10-27-8-7-15(25-27)18(19,20)21/h3-9H,10H2,1-2H3,(H,24,28)(H,22,23,26). The number of aromatic nitrogens is 4. The van der Waals surface area contributed by atoms with E-state index in [1.54, 1.807) is 19.9 Å². The molecule has 0 aliphatic heterocycles. The van der Waals surface area contributed by atoms with E-state index in [2.05, 4.69) is 25.1 Å². The van der Waals surface area contributed by atoms with Crippen LogP contribution in [-0.2, 0) is 27.5 Å². The van der Waals surface area contributed by atoms with E-state index in [9.17, 15) is 26.4 Å². The number of sulfonamides is 1. The molecule has 0 atom stereocenters. The van der Waals surface area contributed by atoms with Gasteiger partial charge in [-0.1, -0.05) is 0 Å². The van der Waals surface area contributed by atoms with Gasteiger partial charge in [-0.25, -0.2) is 23.1 Å². The highest BCUT2D eigenvalue weighted by molar-refractivity contribution is 7.92. The van der Waals surface area contributed by atoms with Crippen molar-refractivity contribution in [1.29, 1.82) is 0 Å². The van der Waals surface area contributed by atoms with Gasteiger partial charge in [-0.2, -0.15) is 18.3 Å². The van der Waals surface area contributed by atoms with Crippen LogP contribution in [0.15, 0.2) is 47.5 Å². The molecule has 3 rings (SSSR count). The van der Waals surface area contributed by atoms with E-state index in [0.29, 0.717) is 11.4 Å². The van der Waals surface area contributed by atoms with Crippen LogP contribution >= 0.6 is 0 Å². The lowest BCUT2D eigenvalue weighted by atomic mass is 10.3. The van der Waals surface area contributed by atoms with Gasteiger partial charge in [0.25, 0.3) is 10.0 Å². The van der Waals surface area contributed by atoms with E-state index < -0.39 is 34.3 Å². The number of halogens is 3. The molecule has 0 unspecified atom stereocenters. The maximum absolute atomic E-state index is 12.6. The lowest BCUT2D eigenvalue weighted by Gasteiger charge is -2.09. The summed E-state index contributed by atoms with van der Waals surface area (Å²) < 4.78 is 65.8. The van der Waals surface area contributed by atoms with Crippen LogP contribution in [0.4, 0.5) is 24.8 Å². The van der Waals surface area contributed by atoms with Gasteiger partial charge in [0.05, 0.1) is 4.90 Å². The predicted octanol–water partition coefficient (Wildman–Crippen LogP) is 2.75. The topological polar surface area (TPSA) is 119 Å². The molecule has 2 N–H and O–H groups in total. The maximum atomic E-state index is 12.6. The van der Waals surface area contributed by atoms with Gasteiger partial charge in [-0.3, -0.25) is 9.48 Å². The summed E-state index contributed by atoms with van der Waals surface area (Å²) >= 11 is 0. The quantitative estimate of drug-likeness (QED) is 0.591. The highest BCUT2D eigenvalue weighted by Crippen LogP contribution is 2.27. The molecule has 0 spiro atoms. The second-order valence-corrected chi connectivity index (χ2v) is 8.23. The van der Waals surface area contributed by atoms with Gasteiger partial charge in [0.15, 0.2) is 5.69 Å². The minimum atomic E-state index is -4.60. The molecule has 0 saturated carbocycles. The average Bonchev–Trinajstić information content (AvgIpc) is 3.09. The monoisotopic (exact) mass is 454 g/mol. The summed E-state index contributed by atoms with van der Waals surface area (Å²) in [4.78, 5) is 20.0. The van der Waals surface area contributed by atoms with Crippen molar-refractivity contribution in [3.8, 4) is 0 Å². The molecular weight excluding hydrogens is 437 g/mol. The molecular formula is C18H17F3N6O3S. The van der Waals surface area contributed by atoms with Crippen molar-refractivity contribution >= 4 is 27.6 Å². The van der Waals surface area contributed by atoms with E-state index in [1.807, 2.05) is 0 Å². The minimum Gasteiger partial charge on any atom is -0.324 e. The SMILES string of the molecule is Cc1cc(C)nc(NS(=O)(=O)c2ccc(NC(=O)Cn3ccc(C(F)(F)F)n3)cc2)n1. The van der Waals surface area contributed by atoms with E-state index in [4.69, 9.17) is 0 Å². The van der Waals surface area contributed by atoms with Crippen LogP contribution in [0.2, 0.25) is 0 Å². The molecule has 9 nitrogen and oxygen atoms in total. The van der Waals surface area contributed by atoms with Gasteiger partial charge in [-0.15, -0.1) is 0 Å². The second-order valence-electron chi connectivity index (χ2n) is 6.55. The van der Waals surface area contributed by atoms with Crippen molar-refractivity contribution in [3.05, 3.63) is 59.7 Å². The Morgan fingerprint density at radius 2 is 1.68 bits per heavy atom. The number of amides is 1. The molecule has 31 heavy (non-hydrogen) atoms.